The molecule has 2 aromatic rings. The molecule has 7 heteroatoms. The van der Waals surface area contributed by atoms with Gasteiger partial charge in [0.2, 0.25) is 11.8 Å². The zero-order chi connectivity index (χ0) is 22.5. The Kier molecular flexibility index (Phi) is 6.93. The fourth-order valence-electron chi connectivity index (χ4n) is 4.74. The summed E-state index contributed by atoms with van der Waals surface area (Å²) in [7, 11) is 1.62. The third-order valence-electron chi connectivity index (χ3n) is 6.51. The molecule has 4 rings (SSSR count). The van der Waals surface area contributed by atoms with Gasteiger partial charge in [0.1, 0.15) is 5.75 Å². The molecule has 1 N–H and O–H groups in total. The molecule has 0 aromatic heterocycles. The number of amides is 3. The van der Waals surface area contributed by atoms with Gasteiger partial charge in [-0.25, -0.2) is 0 Å². The number of piperidine rings is 1. The Bertz CT molecular complexity index is 1000. The van der Waals surface area contributed by atoms with Crippen LogP contribution in [0.15, 0.2) is 36.4 Å². The van der Waals surface area contributed by atoms with Gasteiger partial charge in [0.05, 0.1) is 13.0 Å². The minimum Gasteiger partial charge on any atom is -0.496 e. The second-order valence-corrected chi connectivity index (χ2v) is 8.58. The van der Waals surface area contributed by atoms with Gasteiger partial charge in [0, 0.05) is 50.1 Å². The molecule has 2 saturated heterocycles. The number of rotatable bonds is 6. The SMILES string of the molecule is COc1ccc(C(=O)N2CCCC(C(=O)NCCC(=O)N3CCCC3)C2)c2ccccc12. The summed E-state index contributed by atoms with van der Waals surface area (Å²) in [5, 5.41) is 4.66. The van der Waals surface area contributed by atoms with Gasteiger partial charge in [-0.15, -0.1) is 0 Å². The predicted molar refractivity (Wildman–Crippen MR) is 123 cm³/mol. The maximum Gasteiger partial charge on any atom is 0.254 e. The summed E-state index contributed by atoms with van der Waals surface area (Å²) in [5.41, 5.74) is 0.624. The highest BCUT2D eigenvalue weighted by atomic mass is 16.5. The molecule has 2 aliphatic heterocycles. The Hall–Kier alpha value is -3.09. The molecule has 3 amide bonds. The Morgan fingerprint density at radius 3 is 2.44 bits per heavy atom. The van der Waals surface area contributed by atoms with E-state index in [9.17, 15) is 14.4 Å². The molecule has 0 saturated carbocycles. The summed E-state index contributed by atoms with van der Waals surface area (Å²) in [4.78, 5) is 41.9. The standard InChI is InChI=1S/C25H31N3O4/c1-32-22-11-10-21(19-8-2-3-9-20(19)22)25(31)28-16-6-7-18(17-28)24(30)26-13-12-23(29)27-14-4-5-15-27/h2-3,8-11,18H,4-7,12-17H2,1H3,(H,26,30). The van der Waals surface area contributed by atoms with Crippen LogP contribution in [0.2, 0.25) is 0 Å². The summed E-state index contributed by atoms with van der Waals surface area (Å²) in [6.07, 6.45) is 3.99. The molecule has 0 spiro atoms. The monoisotopic (exact) mass is 437 g/mol. The number of hydrogen-bond donors (Lipinski definition) is 1. The van der Waals surface area contributed by atoms with Gasteiger partial charge in [-0.3, -0.25) is 14.4 Å². The normalized spacial score (nSPS) is 18.6. The number of carbonyl (C=O) groups is 3. The maximum atomic E-state index is 13.3. The number of nitrogens with zero attached hydrogens (tertiary/aromatic N) is 2. The van der Waals surface area contributed by atoms with Crippen molar-refractivity contribution in [3.05, 3.63) is 42.0 Å². The van der Waals surface area contributed by atoms with Gasteiger partial charge >= 0.3 is 0 Å². The fourth-order valence-corrected chi connectivity index (χ4v) is 4.74. The number of methoxy groups -OCH3 is 1. The highest BCUT2D eigenvalue weighted by Crippen LogP contribution is 2.30. The van der Waals surface area contributed by atoms with Crippen LogP contribution in [0.4, 0.5) is 0 Å². The van der Waals surface area contributed by atoms with Crippen molar-refractivity contribution in [3.63, 3.8) is 0 Å². The lowest BCUT2D eigenvalue weighted by molar-refractivity contribution is -0.130. The van der Waals surface area contributed by atoms with Gasteiger partial charge in [0.15, 0.2) is 0 Å². The van der Waals surface area contributed by atoms with E-state index < -0.39 is 0 Å². The highest BCUT2D eigenvalue weighted by Gasteiger charge is 2.30. The molecule has 0 aliphatic carbocycles. The van der Waals surface area contributed by atoms with Crippen molar-refractivity contribution in [3.8, 4) is 5.75 Å². The molecular weight excluding hydrogens is 406 g/mol. The van der Waals surface area contributed by atoms with Crippen molar-refractivity contribution in [1.82, 2.24) is 15.1 Å². The summed E-state index contributed by atoms with van der Waals surface area (Å²) in [6.45, 7) is 3.03. The zero-order valence-electron chi connectivity index (χ0n) is 18.6. The molecule has 2 heterocycles. The first-order valence-corrected chi connectivity index (χ1v) is 11.5. The van der Waals surface area contributed by atoms with Gasteiger partial charge in [-0.1, -0.05) is 24.3 Å². The molecule has 0 radical (unpaired) electrons. The van der Waals surface area contributed by atoms with E-state index in [4.69, 9.17) is 4.74 Å². The van der Waals surface area contributed by atoms with Crippen molar-refractivity contribution in [2.75, 3.05) is 39.8 Å². The maximum absolute atomic E-state index is 13.3. The third-order valence-corrected chi connectivity index (χ3v) is 6.51. The van der Waals surface area contributed by atoms with Crippen LogP contribution in [0.25, 0.3) is 10.8 Å². The zero-order valence-corrected chi connectivity index (χ0v) is 18.6. The van der Waals surface area contributed by atoms with Crippen LogP contribution in [-0.2, 0) is 9.59 Å². The molecule has 2 fully saturated rings. The lowest BCUT2D eigenvalue weighted by Crippen LogP contribution is -2.46. The third kappa shape index (κ3) is 4.71. The summed E-state index contributed by atoms with van der Waals surface area (Å²) >= 11 is 0. The average Bonchev–Trinajstić information content (AvgIpc) is 3.38. The molecular formula is C25H31N3O4. The summed E-state index contributed by atoms with van der Waals surface area (Å²) < 4.78 is 5.44. The summed E-state index contributed by atoms with van der Waals surface area (Å²) in [6, 6.07) is 11.3. The van der Waals surface area contributed by atoms with Gasteiger partial charge in [-0.05, 0) is 43.2 Å². The fraction of sp³-hybridized carbons (Fsp3) is 0.480. The van der Waals surface area contributed by atoms with Crippen molar-refractivity contribution < 1.29 is 19.1 Å². The Morgan fingerprint density at radius 2 is 1.69 bits per heavy atom. The second-order valence-electron chi connectivity index (χ2n) is 8.58. The number of benzene rings is 2. The largest absolute Gasteiger partial charge is 0.496 e. The van der Waals surface area contributed by atoms with Crippen LogP contribution >= 0.6 is 0 Å². The minimum absolute atomic E-state index is 0.0643. The van der Waals surface area contributed by atoms with Crippen molar-refractivity contribution >= 4 is 28.5 Å². The number of hydrogen-bond acceptors (Lipinski definition) is 4. The van der Waals surface area contributed by atoms with E-state index in [0.717, 1.165) is 55.3 Å². The average molecular weight is 438 g/mol. The Balaban J connectivity index is 1.37. The van der Waals surface area contributed by atoms with E-state index in [2.05, 4.69) is 5.32 Å². The smallest absolute Gasteiger partial charge is 0.254 e. The molecule has 32 heavy (non-hydrogen) atoms. The Labute approximate surface area is 188 Å². The van der Waals surface area contributed by atoms with E-state index in [-0.39, 0.29) is 23.6 Å². The number of ether oxygens (including phenoxy) is 1. The van der Waals surface area contributed by atoms with E-state index in [1.165, 1.54) is 0 Å². The molecule has 1 unspecified atom stereocenters. The van der Waals surface area contributed by atoms with E-state index in [1.807, 2.05) is 35.2 Å². The minimum atomic E-state index is -0.251. The number of fused-ring (bicyclic) bond motifs is 1. The van der Waals surface area contributed by atoms with Crippen LogP contribution in [-0.4, -0.2) is 67.4 Å². The van der Waals surface area contributed by atoms with Gasteiger partial charge in [-0.2, -0.15) is 0 Å². The van der Waals surface area contributed by atoms with Gasteiger partial charge < -0.3 is 19.9 Å². The molecule has 0 bridgehead atoms. The molecule has 170 valence electrons. The van der Waals surface area contributed by atoms with Crippen LogP contribution in [0.3, 0.4) is 0 Å². The number of nitrogens with one attached hydrogen (secondary N) is 1. The quantitative estimate of drug-likeness (QED) is 0.754. The van der Waals surface area contributed by atoms with Crippen LogP contribution < -0.4 is 10.1 Å². The number of likely N-dealkylation sites (tertiary alicyclic amines) is 2. The first-order chi connectivity index (χ1) is 15.6. The molecule has 7 nitrogen and oxygen atoms in total. The van der Waals surface area contributed by atoms with Crippen molar-refractivity contribution in [1.29, 1.82) is 0 Å². The van der Waals surface area contributed by atoms with Crippen LogP contribution in [0.5, 0.6) is 5.75 Å². The van der Waals surface area contributed by atoms with Crippen molar-refractivity contribution in [2.45, 2.75) is 32.1 Å². The van der Waals surface area contributed by atoms with E-state index >= 15 is 0 Å². The molecule has 1 atom stereocenters. The topological polar surface area (TPSA) is 79.0 Å². The highest BCUT2D eigenvalue weighted by molar-refractivity contribution is 6.08. The predicted octanol–water partition coefficient (Wildman–Crippen LogP) is 2.83. The lowest BCUT2D eigenvalue weighted by atomic mass is 9.95. The van der Waals surface area contributed by atoms with Crippen molar-refractivity contribution in [2.24, 2.45) is 5.92 Å². The second kappa shape index (κ2) is 10.0. The van der Waals surface area contributed by atoms with E-state index in [0.29, 0.717) is 31.6 Å². The van der Waals surface area contributed by atoms with Crippen LogP contribution in [0.1, 0.15) is 42.5 Å². The van der Waals surface area contributed by atoms with Gasteiger partial charge in [0.25, 0.3) is 5.91 Å². The van der Waals surface area contributed by atoms with E-state index in [1.54, 1.807) is 18.1 Å². The first kappa shape index (κ1) is 22.1. The molecule has 2 aromatic carbocycles. The Morgan fingerprint density at radius 1 is 0.969 bits per heavy atom. The van der Waals surface area contributed by atoms with Crippen LogP contribution in [0, 0.1) is 5.92 Å². The summed E-state index contributed by atoms with van der Waals surface area (Å²) in [5.74, 6) is 0.451. The number of carbonyl (C=O) groups excluding carboxylic acids is 3. The molecule has 2 aliphatic rings. The first-order valence-electron chi connectivity index (χ1n) is 11.5. The lowest BCUT2D eigenvalue weighted by Gasteiger charge is -2.32.